The van der Waals surface area contributed by atoms with Crippen molar-refractivity contribution in [2.45, 2.75) is 65.5 Å². The molecule has 6 nitrogen and oxygen atoms in total. The first-order chi connectivity index (χ1) is 11.7. The summed E-state index contributed by atoms with van der Waals surface area (Å²) < 4.78 is 5.45. The van der Waals surface area contributed by atoms with Gasteiger partial charge < -0.3 is 15.4 Å². The Morgan fingerprint density at radius 3 is 2.72 bits per heavy atom. The third-order valence-corrected chi connectivity index (χ3v) is 3.73. The molecular formula is C19H29N3O3. The van der Waals surface area contributed by atoms with Crippen molar-refractivity contribution in [2.24, 2.45) is 10.7 Å². The number of aliphatic imine (C=N–C) groups is 1. The van der Waals surface area contributed by atoms with E-state index in [0.717, 1.165) is 12.8 Å². The van der Waals surface area contributed by atoms with Crippen molar-refractivity contribution in [1.82, 2.24) is 4.90 Å². The normalized spacial score (nSPS) is 18.5. The summed E-state index contributed by atoms with van der Waals surface area (Å²) in [5.74, 6) is 5.79. The second-order valence-corrected chi connectivity index (χ2v) is 7.08. The number of nitrogens with two attached hydrogens (primary N) is 1. The Kier molecular flexibility index (Phi) is 7.69. The Balaban J connectivity index is 2.90. The molecule has 0 aliphatic carbocycles. The lowest BCUT2D eigenvalue weighted by Crippen LogP contribution is -2.47. The fourth-order valence-electron chi connectivity index (χ4n) is 2.49. The fourth-order valence-corrected chi connectivity index (χ4v) is 2.49. The van der Waals surface area contributed by atoms with E-state index in [1.54, 1.807) is 11.8 Å². The van der Waals surface area contributed by atoms with Crippen LogP contribution in [0.5, 0.6) is 0 Å². The molecule has 1 aliphatic rings. The largest absolute Gasteiger partial charge is 0.444 e. The van der Waals surface area contributed by atoms with Crippen molar-refractivity contribution in [2.75, 3.05) is 13.1 Å². The number of carbonyl (C=O) groups is 2. The molecule has 0 fully saturated rings. The summed E-state index contributed by atoms with van der Waals surface area (Å²) in [6, 6.07) is -0.0914. The maximum absolute atomic E-state index is 12.4. The number of nitrogens with zero attached hydrogens (tertiary/aromatic N) is 2. The molecule has 1 aliphatic heterocycles. The summed E-state index contributed by atoms with van der Waals surface area (Å²) in [7, 11) is 0. The van der Waals surface area contributed by atoms with E-state index < -0.39 is 11.7 Å². The molecule has 0 saturated carbocycles. The number of hydrogen-bond acceptors (Lipinski definition) is 5. The molecule has 0 aromatic heterocycles. The molecule has 0 unspecified atom stereocenters. The van der Waals surface area contributed by atoms with Gasteiger partial charge in [0.1, 0.15) is 11.3 Å². The van der Waals surface area contributed by atoms with Crippen LogP contribution in [-0.2, 0) is 9.53 Å². The van der Waals surface area contributed by atoms with Gasteiger partial charge in [0, 0.05) is 36.7 Å². The van der Waals surface area contributed by atoms with Gasteiger partial charge >= 0.3 is 6.09 Å². The van der Waals surface area contributed by atoms with Crippen LogP contribution in [0.4, 0.5) is 4.79 Å². The van der Waals surface area contributed by atoms with E-state index in [-0.39, 0.29) is 12.6 Å². The number of carbonyl (C=O) groups excluding carboxylic acids is 2. The highest BCUT2D eigenvalue weighted by Gasteiger charge is 2.32. The van der Waals surface area contributed by atoms with Crippen LogP contribution in [0.1, 0.15) is 53.9 Å². The number of ether oxygens (including phenoxy) is 1. The Labute approximate surface area is 150 Å². The van der Waals surface area contributed by atoms with Crippen LogP contribution in [0.15, 0.2) is 16.3 Å². The van der Waals surface area contributed by atoms with E-state index in [0.29, 0.717) is 36.2 Å². The van der Waals surface area contributed by atoms with Gasteiger partial charge in [0.2, 0.25) is 0 Å². The lowest BCUT2D eigenvalue weighted by atomic mass is 9.97. The highest BCUT2D eigenvalue weighted by molar-refractivity contribution is 6.36. The molecular weight excluding hydrogens is 318 g/mol. The van der Waals surface area contributed by atoms with Gasteiger partial charge in [-0.05, 0) is 41.0 Å². The molecule has 1 heterocycles. The molecule has 1 rings (SSSR count). The van der Waals surface area contributed by atoms with Crippen molar-refractivity contribution >= 4 is 18.1 Å². The molecule has 0 bridgehead atoms. The molecule has 1 atom stereocenters. The van der Waals surface area contributed by atoms with Crippen LogP contribution in [0, 0.1) is 11.8 Å². The minimum atomic E-state index is -0.578. The van der Waals surface area contributed by atoms with Gasteiger partial charge in [-0.1, -0.05) is 0 Å². The monoisotopic (exact) mass is 347 g/mol. The first kappa shape index (κ1) is 20.8. The zero-order valence-electron chi connectivity index (χ0n) is 15.9. The van der Waals surface area contributed by atoms with E-state index in [1.165, 1.54) is 0 Å². The van der Waals surface area contributed by atoms with Gasteiger partial charge in [-0.25, -0.2) is 4.79 Å². The number of unbranched alkanes of at least 4 members (excludes halogenated alkanes) is 1. The van der Waals surface area contributed by atoms with Gasteiger partial charge in [-0.15, -0.1) is 11.8 Å². The molecule has 0 saturated heterocycles. The van der Waals surface area contributed by atoms with Crippen LogP contribution in [0.2, 0.25) is 0 Å². The van der Waals surface area contributed by atoms with Crippen LogP contribution in [0.25, 0.3) is 0 Å². The Morgan fingerprint density at radius 2 is 2.16 bits per heavy atom. The van der Waals surface area contributed by atoms with E-state index in [1.807, 2.05) is 27.7 Å². The van der Waals surface area contributed by atoms with Gasteiger partial charge in [0.25, 0.3) is 0 Å². The Morgan fingerprint density at radius 1 is 1.48 bits per heavy atom. The van der Waals surface area contributed by atoms with Crippen LogP contribution < -0.4 is 5.73 Å². The quantitative estimate of drug-likeness (QED) is 0.359. The van der Waals surface area contributed by atoms with Gasteiger partial charge in [-0.3, -0.25) is 9.79 Å². The van der Waals surface area contributed by atoms with E-state index in [4.69, 9.17) is 10.5 Å². The lowest BCUT2D eigenvalue weighted by Gasteiger charge is -2.36. The number of hydrogen-bond donors (Lipinski definition) is 1. The summed E-state index contributed by atoms with van der Waals surface area (Å²) in [5.41, 5.74) is 7.07. The van der Waals surface area contributed by atoms with E-state index in [9.17, 15) is 9.59 Å². The van der Waals surface area contributed by atoms with Crippen molar-refractivity contribution in [3.63, 3.8) is 0 Å². The minimum absolute atomic E-state index is 0.0914. The SMILES string of the molecule is CC#CCCCN=C(C=O)C1=C(N)C[C@@H](C)N(C(=O)OC(C)(C)C)C1. The summed E-state index contributed by atoms with van der Waals surface area (Å²) in [5, 5.41) is 0. The molecule has 25 heavy (non-hydrogen) atoms. The van der Waals surface area contributed by atoms with Gasteiger partial charge in [-0.2, -0.15) is 0 Å². The Hall–Kier alpha value is -2.29. The van der Waals surface area contributed by atoms with Crippen molar-refractivity contribution in [1.29, 1.82) is 0 Å². The molecule has 0 spiro atoms. The number of rotatable bonds is 5. The fraction of sp³-hybridized carbons (Fsp3) is 0.632. The Bertz CT molecular complexity index is 618. The third kappa shape index (κ3) is 6.61. The first-order valence-electron chi connectivity index (χ1n) is 8.56. The summed E-state index contributed by atoms with van der Waals surface area (Å²) in [6.07, 6.45) is 2.30. The van der Waals surface area contributed by atoms with Crippen molar-refractivity contribution in [3.8, 4) is 11.8 Å². The number of amides is 1. The topological polar surface area (TPSA) is 85.0 Å². The highest BCUT2D eigenvalue weighted by Crippen LogP contribution is 2.23. The standard InChI is InChI=1S/C19H29N3O3/c1-6-7-8-9-10-21-17(13-23)15-12-22(14(2)11-16(15)20)18(24)25-19(3,4)5/h13-14H,8-12,20H2,1-5H3/t14-/m1/s1. The first-order valence-corrected chi connectivity index (χ1v) is 8.56. The predicted octanol–water partition coefficient (Wildman–Crippen LogP) is 2.67. The summed E-state index contributed by atoms with van der Waals surface area (Å²) >= 11 is 0. The average Bonchev–Trinajstić information content (AvgIpc) is 2.50. The second kappa shape index (κ2) is 9.26. The van der Waals surface area contributed by atoms with Crippen molar-refractivity contribution < 1.29 is 14.3 Å². The zero-order chi connectivity index (χ0) is 19.0. The van der Waals surface area contributed by atoms with Gasteiger partial charge in [0.05, 0.1) is 6.54 Å². The zero-order valence-corrected chi connectivity index (χ0v) is 15.9. The smallest absolute Gasteiger partial charge is 0.410 e. The minimum Gasteiger partial charge on any atom is -0.444 e. The maximum atomic E-state index is 12.4. The van der Waals surface area contributed by atoms with Gasteiger partial charge in [0.15, 0.2) is 6.29 Å². The van der Waals surface area contributed by atoms with Crippen molar-refractivity contribution in [3.05, 3.63) is 11.3 Å². The maximum Gasteiger partial charge on any atom is 0.410 e. The van der Waals surface area contributed by atoms with E-state index >= 15 is 0 Å². The molecule has 0 aromatic rings. The third-order valence-electron chi connectivity index (χ3n) is 3.73. The predicted molar refractivity (Wildman–Crippen MR) is 99.3 cm³/mol. The molecule has 0 aromatic carbocycles. The molecule has 2 N–H and O–H groups in total. The molecule has 0 radical (unpaired) electrons. The van der Waals surface area contributed by atoms with E-state index in [2.05, 4.69) is 16.8 Å². The molecule has 138 valence electrons. The second-order valence-electron chi connectivity index (χ2n) is 7.08. The molecule has 6 heteroatoms. The molecule has 1 amide bonds. The lowest BCUT2D eigenvalue weighted by molar-refractivity contribution is -0.102. The van der Waals surface area contributed by atoms with Crippen LogP contribution in [-0.4, -0.2) is 47.7 Å². The van der Waals surface area contributed by atoms with Crippen LogP contribution in [0.3, 0.4) is 0 Å². The summed E-state index contributed by atoms with van der Waals surface area (Å²) in [4.78, 5) is 29.8. The number of aldehydes is 1. The highest BCUT2D eigenvalue weighted by atomic mass is 16.6. The van der Waals surface area contributed by atoms with Crippen LogP contribution >= 0.6 is 0 Å². The summed E-state index contributed by atoms with van der Waals surface area (Å²) in [6.45, 7) is 9.90. The average molecular weight is 347 g/mol.